The van der Waals surface area contributed by atoms with Crippen LogP contribution in [-0.4, -0.2) is 11.1 Å². The lowest BCUT2D eigenvalue weighted by Gasteiger charge is -2.10. The number of benzene rings is 1. The van der Waals surface area contributed by atoms with E-state index in [4.69, 9.17) is 0 Å². The van der Waals surface area contributed by atoms with Crippen LogP contribution in [0.2, 0.25) is 0 Å². The van der Waals surface area contributed by atoms with Crippen LogP contribution in [0.1, 0.15) is 6.92 Å². The molecule has 3 heteroatoms. The molecule has 0 aliphatic heterocycles. The molecule has 0 bridgehead atoms. The highest BCUT2D eigenvalue weighted by Crippen LogP contribution is 2.20. The molecular formula is C14H14N2O. The zero-order valence-corrected chi connectivity index (χ0v) is 9.95. The second-order valence-corrected chi connectivity index (χ2v) is 3.75. The number of rotatable bonds is 2. The summed E-state index contributed by atoms with van der Waals surface area (Å²) < 4.78 is 1.64. The Morgan fingerprint density at radius 3 is 2.88 bits per heavy atom. The van der Waals surface area contributed by atoms with Gasteiger partial charge in [0.1, 0.15) is 0 Å². The van der Waals surface area contributed by atoms with E-state index in [9.17, 15) is 4.79 Å². The minimum absolute atomic E-state index is 0.0179. The molecular weight excluding hydrogens is 212 g/mol. The number of nitrogens with one attached hydrogen (secondary N) is 1. The Labute approximate surface area is 100 Å². The third-order valence-corrected chi connectivity index (χ3v) is 2.70. The average Bonchev–Trinajstić information content (AvgIpc) is 2.36. The van der Waals surface area contributed by atoms with Crippen molar-refractivity contribution in [2.45, 2.75) is 6.92 Å². The summed E-state index contributed by atoms with van der Waals surface area (Å²) in [4.78, 5) is 11.8. The van der Waals surface area contributed by atoms with Crippen molar-refractivity contribution in [3.63, 3.8) is 0 Å². The van der Waals surface area contributed by atoms with E-state index in [0.29, 0.717) is 6.54 Å². The number of hydrogen-bond donors (Lipinski definition) is 1. The van der Waals surface area contributed by atoms with Crippen LogP contribution >= 0.6 is 0 Å². The third kappa shape index (κ3) is 2.16. The van der Waals surface area contributed by atoms with Gasteiger partial charge in [0.2, 0.25) is 0 Å². The lowest BCUT2D eigenvalue weighted by Crippen LogP contribution is -2.17. The van der Waals surface area contributed by atoms with Crippen LogP contribution in [-0.2, 0) is 7.05 Å². The molecule has 0 saturated heterocycles. The van der Waals surface area contributed by atoms with Gasteiger partial charge in [0.25, 0.3) is 5.56 Å². The van der Waals surface area contributed by atoms with Crippen LogP contribution in [0.15, 0.2) is 35.1 Å². The van der Waals surface area contributed by atoms with Gasteiger partial charge in [0.15, 0.2) is 0 Å². The number of fused-ring (bicyclic) bond motifs is 1. The van der Waals surface area contributed by atoms with Gasteiger partial charge in [-0.15, -0.1) is 5.92 Å². The molecule has 0 amide bonds. The van der Waals surface area contributed by atoms with E-state index in [1.807, 2.05) is 24.3 Å². The highest BCUT2D eigenvalue weighted by atomic mass is 16.1. The van der Waals surface area contributed by atoms with Gasteiger partial charge in [-0.05, 0) is 13.0 Å². The van der Waals surface area contributed by atoms with Crippen molar-refractivity contribution in [3.8, 4) is 11.8 Å². The second-order valence-electron chi connectivity index (χ2n) is 3.75. The molecule has 2 aromatic rings. The van der Waals surface area contributed by atoms with E-state index in [1.165, 1.54) is 0 Å². The number of para-hydroxylation sites is 1. The first kappa shape index (κ1) is 11.3. The van der Waals surface area contributed by atoms with E-state index in [1.54, 1.807) is 24.6 Å². The summed E-state index contributed by atoms with van der Waals surface area (Å²) in [6, 6.07) is 9.43. The van der Waals surface area contributed by atoms with E-state index in [2.05, 4.69) is 17.2 Å². The Morgan fingerprint density at radius 2 is 2.12 bits per heavy atom. The Kier molecular flexibility index (Phi) is 3.15. The van der Waals surface area contributed by atoms with Crippen LogP contribution in [0.25, 0.3) is 10.9 Å². The molecule has 0 atom stereocenters. The van der Waals surface area contributed by atoms with Gasteiger partial charge in [0.05, 0.1) is 12.1 Å². The van der Waals surface area contributed by atoms with E-state index >= 15 is 0 Å². The molecule has 0 radical (unpaired) electrons. The number of aromatic nitrogens is 1. The maximum absolute atomic E-state index is 11.8. The van der Waals surface area contributed by atoms with Gasteiger partial charge in [-0.1, -0.05) is 24.1 Å². The molecule has 0 saturated carbocycles. The smallest absolute Gasteiger partial charge is 0.252 e. The molecule has 0 aliphatic rings. The van der Waals surface area contributed by atoms with Crippen LogP contribution in [0.5, 0.6) is 0 Å². The number of anilines is 1. The Morgan fingerprint density at radius 1 is 1.35 bits per heavy atom. The van der Waals surface area contributed by atoms with Crippen LogP contribution < -0.4 is 10.9 Å². The molecule has 1 heterocycles. The van der Waals surface area contributed by atoms with Gasteiger partial charge in [0, 0.05) is 24.2 Å². The standard InChI is InChI=1S/C14H14N2O/c1-3-4-9-15-12-10-14(17)16(2)13-8-6-5-7-11(12)13/h5-8,10,15H,9H2,1-2H3. The number of hydrogen-bond acceptors (Lipinski definition) is 2. The highest BCUT2D eigenvalue weighted by Gasteiger charge is 2.04. The fourth-order valence-corrected chi connectivity index (χ4v) is 1.78. The van der Waals surface area contributed by atoms with Gasteiger partial charge < -0.3 is 9.88 Å². The van der Waals surface area contributed by atoms with Crippen molar-refractivity contribution < 1.29 is 0 Å². The fraction of sp³-hybridized carbons (Fsp3) is 0.214. The number of pyridine rings is 1. The largest absolute Gasteiger partial charge is 0.373 e. The minimum Gasteiger partial charge on any atom is -0.373 e. The molecule has 0 aliphatic carbocycles. The highest BCUT2D eigenvalue weighted by molar-refractivity contribution is 5.91. The van der Waals surface area contributed by atoms with Crippen molar-refractivity contribution in [2.75, 3.05) is 11.9 Å². The molecule has 0 fully saturated rings. The van der Waals surface area contributed by atoms with Gasteiger partial charge in [-0.2, -0.15) is 0 Å². The summed E-state index contributed by atoms with van der Waals surface area (Å²) >= 11 is 0. The number of nitrogens with zero attached hydrogens (tertiary/aromatic N) is 1. The topological polar surface area (TPSA) is 34.0 Å². The zero-order chi connectivity index (χ0) is 12.3. The summed E-state index contributed by atoms with van der Waals surface area (Å²) in [5.74, 6) is 5.74. The van der Waals surface area contributed by atoms with E-state index in [-0.39, 0.29) is 5.56 Å². The van der Waals surface area contributed by atoms with Crippen molar-refractivity contribution in [2.24, 2.45) is 7.05 Å². The van der Waals surface area contributed by atoms with Crippen molar-refractivity contribution in [1.82, 2.24) is 4.57 Å². The first-order valence-electron chi connectivity index (χ1n) is 5.46. The Hall–Kier alpha value is -2.21. The molecule has 0 unspecified atom stereocenters. The van der Waals surface area contributed by atoms with E-state index in [0.717, 1.165) is 16.6 Å². The predicted octanol–water partition coefficient (Wildman–Crippen LogP) is 1.97. The lowest BCUT2D eigenvalue weighted by molar-refractivity contribution is 0.906. The minimum atomic E-state index is -0.0179. The monoisotopic (exact) mass is 226 g/mol. The number of aryl methyl sites for hydroxylation is 1. The first-order chi connectivity index (χ1) is 8.24. The summed E-state index contributed by atoms with van der Waals surface area (Å²) in [6.07, 6.45) is 0. The Bertz CT molecular complexity index is 659. The molecule has 1 aromatic heterocycles. The maximum atomic E-state index is 11.8. The normalized spacial score (nSPS) is 9.76. The zero-order valence-electron chi connectivity index (χ0n) is 9.95. The third-order valence-electron chi connectivity index (χ3n) is 2.70. The fourth-order valence-electron chi connectivity index (χ4n) is 1.78. The van der Waals surface area contributed by atoms with Gasteiger partial charge in [-0.3, -0.25) is 4.79 Å². The predicted molar refractivity (Wildman–Crippen MR) is 71.1 cm³/mol. The van der Waals surface area contributed by atoms with Crippen molar-refractivity contribution in [3.05, 3.63) is 40.7 Å². The summed E-state index contributed by atoms with van der Waals surface area (Å²) in [5.41, 5.74) is 1.74. The van der Waals surface area contributed by atoms with Crippen molar-refractivity contribution in [1.29, 1.82) is 0 Å². The van der Waals surface area contributed by atoms with Crippen molar-refractivity contribution >= 4 is 16.6 Å². The Balaban J connectivity index is 2.58. The molecule has 17 heavy (non-hydrogen) atoms. The van der Waals surface area contributed by atoms with Crippen LogP contribution in [0, 0.1) is 11.8 Å². The summed E-state index contributed by atoms with van der Waals surface area (Å²) in [5, 5.41) is 4.20. The van der Waals surface area contributed by atoms with Crippen LogP contribution in [0.3, 0.4) is 0 Å². The van der Waals surface area contributed by atoms with Gasteiger partial charge in [-0.25, -0.2) is 0 Å². The second kappa shape index (κ2) is 4.75. The lowest BCUT2D eigenvalue weighted by atomic mass is 10.2. The van der Waals surface area contributed by atoms with E-state index < -0.39 is 0 Å². The first-order valence-corrected chi connectivity index (χ1v) is 5.46. The molecule has 1 aromatic carbocycles. The molecule has 1 N–H and O–H groups in total. The maximum Gasteiger partial charge on any atom is 0.252 e. The molecule has 86 valence electrons. The summed E-state index contributed by atoms with van der Waals surface area (Å²) in [6.45, 7) is 2.34. The van der Waals surface area contributed by atoms with Crippen LogP contribution in [0.4, 0.5) is 5.69 Å². The molecule has 3 nitrogen and oxygen atoms in total. The average molecular weight is 226 g/mol. The molecule has 0 spiro atoms. The molecule has 2 rings (SSSR count). The quantitative estimate of drug-likeness (QED) is 0.794. The summed E-state index contributed by atoms with van der Waals surface area (Å²) in [7, 11) is 1.78. The van der Waals surface area contributed by atoms with Gasteiger partial charge >= 0.3 is 0 Å². The SMILES string of the molecule is CC#CCNc1cc(=O)n(C)c2ccccc12.